The highest BCUT2D eigenvalue weighted by molar-refractivity contribution is 7.79. The molecule has 1 aromatic heterocycles. The lowest BCUT2D eigenvalue weighted by atomic mass is 10.1. The van der Waals surface area contributed by atoms with Gasteiger partial charge in [-0.15, -0.1) is 0 Å². The van der Waals surface area contributed by atoms with Crippen molar-refractivity contribution < 1.29 is 0 Å². The van der Waals surface area contributed by atoms with E-state index in [0.717, 1.165) is 0 Å². The fourth-order valence-corrected chi connectivity index (χ4v) is 2.94. The van der Waals surface area contributed by atoms with Crippen molar-refractivity contribution in [3.63, 3.8) is 0 Å². The van der Waals surface area contributed by atoms with E-state index in [1.807, 2.05) is 0 Å². The van der Waals surface area contributed by atoms with Crippen LogP contribution in [0.25, 0.3) is 27.5 Å². The van der Waals surface area contributed by atoms with Gasteiger partial charge >= 0.3 is 0 Å². The van der Waals surface area contributed by atoms with Crippen LogP contribution in [0, 0.1) is 6.92 Å². The molecule has 0 atom stereocenters. The largest absolute Gasteiger partial charge is 0.403 e. The molecule has 0 fully saturated rings. The summed E-state index contributed by atoms with van der Waals surface area (Å²) in [5.41, 5.74) is 10.6. The Bertz CT molecular complexity index is 997. The van der Waals surface area contributed by atoms with E-state index in [9.17, 15) is 0 Å². The van der Waals surface area contributed by atoms with Crippen LogP contribution in [0.2, 0.25) is 0 Å². The molecular weight excluding hydrogens is 336 g/mol. The zero-order chi connectivity index (χ0) is 19.1. The van der Waals surface area contributed by atoms with Crippen LogP contribution in [0.3, 0.4) is 0 Å². The maximum absolute atomic E-state index is 4.92. The standard InChI is InChI=1S/C19H15N.C3H7N.CH4S/c1-14-11-12-19-17(13-14)16-9-5-6-10-18(16)20(19)15-7-3-2-4-8-15;1-3(2)4;1-2/h2-13H,1H3;1,4H2,2H3;2H,1H3. The molecule has 26 heavy (non-hydrogen) atoms. The molecule has 2 N–H and O–H groups in total. The number of allylic oxidation sites excluding steroid dienone is 1. The second-order valence-electron chi connectivity index (χ2n) is 6.06. The van der Waals surface area contributed by atoms with Crippen LogP contribution < -0.4 is 5.73 Å². The molecule has 134 valence electrons. The summed E-state index contributed by atoms with van der Waals surface area (Å²) in [6.45, 7) is 7.23. The zero-order valence-corrected chi connectivity index (χ0v) is 16.5. The van der Waals surface area contributed by atoms with E-state index in [0.29, 0.717) is 5.70 Å². The first-order chi connectivity index (χ1) is 12.6. The summed E-state index contributed by atoms with van der Waals surface area (Å²) in [6.07, 6.45) is 1.69. The van der Waals surface area contributed by atoms with E-state index >= 15 is 0 Å². The van der Waals surface area contributed by atoms with Crippen LogP contribution >= 0.6 is 12.6 Å². The highest BCUT2D eigenvalue weighted by atomic mass is 32.1. The van der Waals surface area contributed by atoms with Gasteiger partial charge in [0.15, 0.2) is 0 Å². The second kappa shape index (κ2) is 9.16. The van der Waals surface area contributed by atoms with Gasteiger partial charge in [0.1, 0.15) is 0 Å². The highest BCUT2D eigenvalue weighted by Gasteiger charge is 2.11. The Labute approximate surface area is 161 Å². The summed E-state index contributed by atoms with van der Waals surface area (Å²) >= 11 is 3.53. The topological polar surface area (TPSA) is 30.9 Å². The van der Waals surface area contributed by atoms with E-state index in [2.05, 4.69) is 103 Å². The number of aromatic nitrogens is 1. The van der Waals surface area contributed by atoms with E-state index in [4.69, 9.17) is 5.73 Å². The minimum Gasteiger partial charge on any atom is -0.403 e. The van der Waals surface area contributed by atoms with Gasteiger partial charge in [0.25, 0.3) is 0 Å². The first kappa shape index (κ1) is 19.7. The van der Waals surface area contributed by atoms with Crippen LogP contribution in [0.4, 0.5) is 0 Å². The molecule has 0 bridgehead atoms. The average molecular weight is 363 g/mol. The van der Waals surface area contributed by atoms with Gasteiger partial charge in [-0.3, -0.25) is 0 Å². The first-order valence-electron chi connectivity index (χ1n) is 8.49. The van der Waals surface area contributed by atoms with Crippen LogP contribution in [0.5, 0.6) is 0 Å². The van der Waals surface area contributed by atoms with Crippen molar-refractivity contribution in [3.05, 3.63) is 90.6 Å². The van der Waals surface area contributed by atoms with Crippen molar-refractivity contribution in [2.24, 2.45) is 5.73 Å². The average Bonchev–Trinajstić information content (AvgIpc) is 2.97. The predicted octanol–water partition coefficient (Wildman–Crippen LogP) is 6.12. The lowest BCUT2D eigenvalue weighted by Crippen LogP contribution is -1.92. The molecule has 0 unspecified atom stereocenters. The number of rotatable bonds is 1. The number of benzene rings is 3. The number of para-hydroxylation sites is 2. The summed E-state index contributed by atoms with van der Waals surface area (Å²) in [5, 5.41) is 2.64. The smallest absolute Gasteiger partial charge is 0.0541 e. The molecule has 0 aliphatic rings. The number of hydrogen-bond acceptors (Lipinski definition) is 2. The molecule has 4 rings (SSSR count). The fraction of sp³-hybridized carbons (Fsp3) is 0.130. The van der Waals surface area contributed by atoms with Gasteiger partial charge in [0.2, 0.25) is 0 Å². The lowest BCUT2D eigenvalue weighted by molar-refractivity contribution is 1.18. The highest BCUT2D eigenvalue weighted by Crippen LogP contribution is 2.32. The maximum atomic E-state index is 4.92. The number of hydrogen-bond donors (Lipinski definition) is 2. The Hall–Kier alpha value is -2.65. The quantitative estimate of drug-likeness (QED) is 0.393. The number of nitrogens with two attached hydrogens (primary N) is 1. The fourth-order valence-electron chi connectivity index (χ4n) is 2.94. The van der Waals surface area contributed by atoms with Crippen molar-refractivity contribution >= 4 is 34.4 Å². The molecule has 0 radical (unpaired) electrons. The van der Waals surface area contributed by atoms with Crippen LogP contribution in [0.15, 0.2) is 85.1 Å². The monoisotopic (exact) mass is 362 g/mol. The molecule has 0 saturated heterocycles. The molecule has 0 spiro atoms. The molecule has 2 nitrogen and oxygen atoms in total. The molecule has 3 heteroatoms. The van der Waals surface area contributed by atoms with Gasteiger partial charge in [-0.25, -0.2) is 0 Å². The number of aryl methyl sites for hydroxylation is 1. The van der Waals surface area contributed by atoms with Gasteiger partial charge in [-0.05, 0) is 56.1 Å². The Morgan fingerprint density at radius 1 is 0.846 bits per heavy atom. The second-order valence-corrected chi connectivity index (χ2v) is 6.06. The zero-order valence-electron chi connectivity index (χ0n) is 15.6. The third kappa shape index (κ3) is 4.30. The predicted molar refractivity (Wildman–Crippen MR) is 119 cm³/mol. The summed E-state index contributed by atoms with van der Waals surface area (Å²) in [5.74, 6) is 0. The minimum absolute atomic E-state index is 0.667. The molecule has 3 aromatic carbocycles. The third-order valence-corrected chi connectivity index (χ3v) is 3.84. The van der Waals surface area contributed by atoms with E-state index in [-0.39, 0.29) is 0 Å². The normalized spacial score (nSPS) is 9.85. The van der Waals surface area contributed by atoms with E-state index in [1.165, 1.54) is 33.1 Å². The maximum Gasteiger partial charge on any atom is 0.0541 e. The van der Waals surface area contributed by atoms with Crippen LogP contribution in [-0.4, -0.2) is 10.8 Å². The molecule has 0 saturated carbocycles. The number of nitrogens with zero attached hydrogens (tertiary/aromatic N) is 1. The molecule has 0 amide bonds. The SMILES string of the molecule is C=C(C)N.CS.Cc1ccc2c(c1)c1ccccc1n2-c1ccccc1. The Balaban J connectivity index is 0.000000361. The van der Waals surface area contributed by atoms with Gasteiger partial charge in [0, 0.05) is 16.5 Å². The first-order valence-corrected chi connectivity index (χ1v) is 9.38. The Morgan fingerprint density at radius 3 is 2.04 bits per heavy atom. The molecule has 0 aliphatic carbocycles. The van der Waals surface area contributed by atoms with Crippen molar-refractivity contribution in [2.45, 2.75) is 13.8 Å². The number of fused-ring (bicyclic) bond motifs is 3. The minimum atomic E-state index is 0.667. The van der Waals surface area contributed by atoms with Crippen molar-refractivity contribution in [1.82, 2.24) is 4.57 Å². The summed E-state index contributed by atoms with van der Waals surface area (Å²) in [4.78, 5) is 0. The molecular formula is C23H26N2S. The van der Waals surface area contributed by atoms with Gasteiger partial charge in [0.05, 0.1) is 11.0 Å². The van der Waals surface area contributed by atoms with Crippen LogP contribution in [-0.2, 0) is 0 Å². The van der Waals surface area contributed by atoms with Gasteiger partial charge < -0.3 is 10.3 Å². The Kier molecular flexibility index (Phi) is 6.93. The third-order valence-electron chi connectivity index (χ3n) is 3.84. The van der Waals surface area contributed by atoms with E-state index in [1.54, 1.807) is 13.2 Å². The summed E-state index contributed by atoms with van der Waals surface area (Å²) < 4.78 is 2.34. The van der Waals surface area contributed by atoms with Crippen molar-refractivity contribution in [2.75, 3.05) is 6.26 Å². The Morgan fingerprint density at radius 2 is 1.38 bits per heavy atom. The number of thiol groups is 1. The van der Waals surface area contributed by atoms with Crippen molar-refractivity contribution in [3.8, 4) is 5.69 Å². The van der Waals surface area contributed by atoms with Crippen molar-refractivity contribution in [1.29, 1.82) is 0 Å². The summed E-state index contributed by atoms with van der Waals surface area (Å²) in [6, 6.07) is 25.8. The van der Waals surface area contributed by atoms with Gasteiger partial charge in [-0.2, -0.15) is 12.6 Å². The van der Waals surface area contributed by atoms with E-state index < -0.39 is 0 Å². The van der Waals surface area contributed by atoms with Crippen LogP contribution in [0.1, 0.15) is 12.5 Å². The molecule has 0 aliphatic heterocycles. The molecule has 1 heterocycles. The van der Waals surface area contributed by atoms with Gasteiger partial charge in [-0.1, -0.05) is 54.6 Å². The lowest BCUT2D eigenvalue weighted by Gasteiger charge is -2.07. The molecule has 4 aromatic rings. The summed E-state index contributed by atoms with van der Waals surface area (Å²) in [7, 11) is 0.